The molecule has 0 aliphatic heterocycles. The Labute approximate surface area is 126 Å². The summed E-state index contributed by atoms with van der Waals surface area (Å²) in [6.45, 7) is 5.17. The molecular weight excluding hydrogens is 260 g/mol. The third-order valence-electron chi connectivity index (χ3n) is 3.82. The molecule has 0 amide bonds. The van der Waals surface area contributed by atoms with E-state index in [9.17, 15) is 0 Å². The molecule has 1 aliphatic carbocycles. The lowest BCUT2D eigenvalue weighted by Gasteiger charge is -2.21. The molecule has 1 saturated carbocycles. The van der Waals surface area contributed by atoms with Gasteiger partial charge in [-0.3, -0.25) is 4.98 Å². The molecular formula is C18H22N2O. The first-order chi connectivity index (χ1) is 10.3. The fraction of sp³-hybridized carbons (Fsp3) is 0.389. The van der Waals surface area contributed by atoms with Gasteiger partial charge in [0.2, 0.25) is 0 Å². The molecule has 3 rings (SSSR count). The van der Waals surface area contributed by atoms with Crippen LogP contribution in [0.1, 0.15) is 42.5 Å². The monoisotopic (exact) mass is 282 g/mol. The maximum Gasteiger partial charge on any atom is 0.120 e. The maximum absolute atomic E-state index is 5.92. The van der Waals surface area contributed by atoms with Gasteiger partial charge in [-0.05, 0) is 61.2 Å². The van der Waals surface area contributed by atoms with Crippen LogP contribution in [0.3, 0.4) is 0 Å². The van der Waals surface area contributed by atoms with Gasteiger partial charge in [0.25, 0.3) is 0 Å². The van der Waals surface area contributed by atoms with Gasteiger partial charge in [0.15, 0.2) is 0 Å². The third kappa shape index (κ3) is 3.42. The molecule has 1 unspecified atom stereocenters. The van der Waals surface area contributed by atoms with Crippen molar-refractivity contribution in [2.45, 2.75) is 38.8 Å². The van der Waals surface area contributed by atoms with Crippen LogP contribution in [-0.2, 0) is 0 Å². The highest BCUT2D eigenvalue weighted by atomic mass is 16.5. The molecule has 1 aromatic carbocycles. The molecule has 21 heavy (non-hydrogen) atoms. The topological polar surface area (TPSA) is 34.1 Å². The van der Waals surface area contributed by atoms with Crippen LogP contribution < -0.4 is 10.1 Å². The van der Waals surface area contributed by atoms with Crippen LogP contribution in [0.25, 0.3) is 0 Å². The second-order valence-corrected chi connectivity index (χ2v) is 5.61. The normalized spacial score (nSPS) is 15.7. The fourth-order valence-electron chi connectivity index (χ4n) is 2.54. The van der Waals surface area contributed by atoms with E-state index in [2.05, 4.69) is 48.4 Å². The van der Waals surface area contributed by atoms with Gasteiger partial charge in [-0.15, -0.1) is 0 Å². The van der Waals surface area contributed by atoms with Crippen molar-refractivity contribution < 1.29 is 4.74 Å². The fourth-order valence-corrected chi connectivity index (χ4v) is 2.54. The minimum Gasteiger partial charge on any atom is -0.490 e. The number of benzene rings is 1. The van der Waals surface area contributed by atoms with E-state index in [4.69, 9.17) is 4.74 Å². The highest BCUT2D eigenvalue weighted by Gasteiger charge is 2.24. The second-order valence-electron chi connectivity index (χ2n) is 5.61. The molecule has 1 fully saturated rings. The summed E-state index contributed by atoms with van der Waals surface area (Å²) in [5, 5.41) is 3.56. The SMILES string of the molecule is CCNC(c1cccc(OC2CC2)c1)c1cnccc1C. The molecule has 1 N–H and O–H groups in total. The van der Waals surface area contributed by atoms with Crippen molar-refractivity contribution >= 4 is 0 Å². The Hall–Kier alpha value is -1.87. The first kappa shape index (κ1) is 14.1. The van der Waals surface area contributed by atoms with E-state index in [0.29, 0.717) is 6.10 Å². The first-order valence-corrected chi connectivity index (χ1v) is 7.68. The lowest BCUT2D eigenvalue weighted by atomic mass is 9.96. The molecule has 0 bridgehead atoms. The number of hydrogen-bond acceptors (Lipinski definition) is 3. The number of rotatable bonds is 6. The molecule has 1 aliphatic rings. The van der Waals surface area contributed by atoms with Crippen molar-refractivity contribution in [2.75, 3.05) is 6.54 Å². The number of pyridine rings is 1. The van der Waals surface area contributed by atoms with E-state index in [1.807, 2.05) is 18.5 Å². The minimum atomic E-state index is 0.159. The second kappa shape index (κ2) is 6.27. The van der Waals surface area contributed by atoms with Gasteiger partial charge in [-0.25, -0.2) is 0 Å². The summed E-state index contributed by atoms with van der Waals surface area (Å²) >= 11 is 0. The van der Waals surface area contributed by atoms with E-state index < -0.39 is 0 Å². The Morgan fingerprint density at radius 3 is 2.90 bits per heavy atom. The summed E-state index contributed by atoms with van der Waals surface area (Å²) in [5.41, 5.74) is 3.71. The molecule has 2 aromatic rings. The van der Waals surface area contributed by atoms with Crippen molar-refractivity contribution in [3.63, 3.8) is 0 Å². The number of aryl methyl sites for hydroxylation is 1. The van der Waals surface area contributed by atoms with Crippen LogP contribution in [-0.4, -0.2) is 17.6 Å². The van der Waals surface area contributed by atoms with Crippen molar-refractivity contribution in [1.82, 2.24) is 10.3 Å². The van der Waals surface area contributed by atoms with Crippen molar-refractivity contribution in [1.29, 1.82) is 0 Å². The van der Waals surface area contributed by atoms with Crippen LogP contribution in [0.15, 0.2) is 42.7 Å². The highest BCUT2D eigenvalue weighted by molar-refractivity contribution is 5.38. The zero-order valence-electron chi connectivity index (χ0n) is 12.7. The van der Waals surface area contributed by atoms with Gasteiger partial charge in [-0.2, -0.15) is 0 Å². The molecule has 3 nitrogen and oxygen atoms in total. The first-order valence-electron chi connectivity index (χ1n) is 7.68. The number of aromatic nitrogens is 1. The van der Waals surface area contributed by atoms with Crippen LogP contribution in [0.2, 0.25) is 0 Å². The van der Waals surface area contributed by atoms with Crippen molar-refractivity contribution in [3.05, 3.63) is 59.4 Å². The van der Waals surface area contributed by atoms with Crippen molar-refractivity contribution in [3.8, 4) is 5.75 Å². The summed E-state index contributed by atoms with van der Waals surface area (Å²) < 4.78 is 5.92. The molecule has 1 heterocycles. The molecule has 110 valence electrons. The van der Waals surface area contributed by atoms with Gasteiger partial charge >= 0.3 is 0 Å². The smallest absolute Gasteiger partial charge is 0.120 e. The summed E-state index contributed by atoms with van der Waals surface area (Å²) in [5.74, 6) is 0.972. The van der Waals surface area contributed by atoms with Crippen LogP contribution in [0.5, 0.6) is 5.75 Å². The summed E-state index contributed by atoms with van der Waals surface area (Å²) in [4.78, 5) is 4.28. The average molecular weight is 282 g/mol. The van der Waals surface area contributed by atoms with Crippen LogP contribution >= 0.6 is 0 Å². The Bertz CT molecular complexity index is 608. The van der Waals surface area contributed by atoms with E-state index in [0.717, 1.165) is 12.3 Å². The van der Waals surface area contributed by atoms with Gasteiger partial charge in [0.1, 0.15) is 5.75 Å². The van der Waals surface area contributed by atoms with Gasteiger partial charge in [0.05, 0.1) is 12.1 Å². The molecule has 0 spiro atoms. The largest absolute Gasteiger partial charge is 0.490 e. The predicted octanol–water partition coefficient (Wildman–Crippen LogP) is 3.63. The Balaban J connectivity index is 1.91. The standard InChI is InChI=1S/C18H22N2O/c1-3-20-18(17-12-19-10-9-13(17)2)14-5-4-6-16(11-14)21-15-7-8-15/h4-6,9-12,15,18,20H,3,7-8H2,1-2H3. The average Bonchev–Trinajstić information content (AvgIpc) is 3.30. The molecule has 1 aromatic heterocycles. The van der Waals surface area contributed by atoms with Gasteiger partial charge < -0.3 is 10.1 Å². The molecule has 3 heteroatoms. The number of ether oxygens (including phenoxy) is 1. The lowest BCUT2D eigenvalue weighted by Crippen LogP contribution is -2.23. The van der Waals surface area contributed by atoms with E-state index in [1.165, 1.54) is 29.5 Å². The number of nitrogens with zero attached hydrogens (tertiary/aromatic N) is 1. The van der Waals surface area contributed by atoms with Crippen LogP contribution in [0.4, 0.5) is 0 Å². The zero-order chi connectivity index (χ0) is 14.7. The minimum absolute atomic E-state index is 0.159. The van der Waals surface area contributed by atoms with Crippen LogP contribution in [0, 0.1) is 6.92 Å². The zero-order valence-corrected chi connectivity index (χ0v) is 12.7. The summed E-state index contributed by atoms with van der Waals surface area (Å²) in [6, 6.07) is 10.6. The van der Waals surface area contributed by atoms with Crippen molar-refractivity contribution in [2.24, 2.45) is 0 Å². The quantitative estimate of drug-likeness (QED) is 0.878. The van der Waals surface area contributed by atoms with Gasteiger partial charge in [0, 0.05) is 12.4 Å². The Morgan fingerprint density at radius 1 is 1.33 bits per heavy atom. The molecule has 0 radical (unpaired) electrons. The van der Waals surface area contributed by atoms with E-state index >= 15 is 0 Å². The Morgan fingerprint density at radius 2 is 2.19 bits per heavy atom. The summed E-state index contributed by atoms with van der Waals surface area (Å²) in [7, 11) is 0. The van der Waals surface area contributed by atoms with Gasteiger partial charge in [-0.1, -0.05) is 19.1 Å². The Kier molecular flexibility index (Phi) is 4.20. The molecule has 1 atom stereocenters. The van der Waals surface area contributed by atoms with E-state index in [-0.39, 0.29) is 6.04 Å². The van der Waals surface area contributed by atoms with E-state index in [1.54, 1.807) is 0 Å². The maximum atomic E-state index is 5.92. The lowest BCUT2D eigenvalue weighted by molar-refractivity contribution is 0.302. The highest BCUT2D eigenvalue weighted by Crippen LogP contribution is 2.30. The molecule has 0 saturated heterocycles. The number of nitrogens with one attached hydrogen (secondary N) is 1. The summed E-state index contributed by atoms with van der Waals surface area (Å²) in [6.07, 6.45) is 6.59. The predicted molar refractivity (Wildman–Crippen MR) is 84.6 cm³/mol. The third-order valence-corrected chi connectivity index (χ3v) is 3.82. The number of hydrogen-bond donors (Lipinski definition) is 1.